The lowest BCUT2D eigenvalue weighted by Crippen LogP contribution is -2.29. The summed E-state index contributed by atoms with van der Waals surface area (Å²) in [7, 11) is -4.63. The van der Waals surface area contributed by atoms with Gasteiger partial charge in [0, 0.05) is 12.8 Å². The largest absolute Gasteiger partial charge is 0.472 e. The lowest BCUT2D eigenvalue weighted by Gasteiger charge is -2.20. The summed E-state index contributed by atoms with van der Waals surface area (Å²) in [6.07, 6.45) is 31.6. The zero-order valence-corrected chi connectivity index (χ0v) is 34.0. The smallest absolute Gasteiger partial charge is 0.462 e. The van der Waals surface area contributed by atoms with E-state index in [0.717, 1.165) is 50.9 Å². The van der Waals surface area contributed by atoms with Gasteiger partial charge in [-0.2, -0.15) is 0 Å². The molecule has 0 aromatic carbocycles. The average Bonchev–Trinajstić information content (AvgIpc) is 3.89. The van der Waals surface area contributed by atoms with Crippen molar-refractivity contribution in [2.24, 2.45) is 5.92 Å². The Morgan fingerprint density at radius 1 is 0.717 bits per heavy atom. The van der Waals surface area contributed by atoms with Crippen LogP contribution in [0, 0.1) is 5.92 Å². The second-order valence-corrected chi connectivity index (χ2v) is 16.0. The van der Waals surface area contributed by atoms with Crippen LogP contribution < -0.4 is 0 Å². The van der Waals surface area contributed by atoms with Gasteiger partial charge in [-0.05, 0) is 57.3 Å². The monoisotopic (exact) mass is 772 g/mol. The summed E-state index contributed by atoms with van der Waals surface area (Å²) in [4.78, 5) is 34.9. The Balaban J connectivity index is 2.31. The Hall–Kier alpha value is -1.85. The van der Waals surface area contributed by atoms with Crippen LogP contribution in [0.1, 0.15) is 156 Å². The fourth-order valence-electron chi connectivity index (χ4n) is 5.56. The first-order chi connectivity index (χ1) is 25.6. The van der Waals surface area contributed by atoms with Crippen molar-refractivity contribution in [2.75, 3.05) is 26.4 Å². The summed E-state index contributed by atoms with van der Waals surface area (Å²) in [6, 6.07) is 0. The molecule has 12 heteroatoms. The minimum absolute atomic E-state index is 0.160. The van der Waals surface area contributed by atoms with Crippen molar-refractivity contribution >= 4 is 19.8 Å². The van der Waals surface area contributed by atoms with Crippen LogP contribution in [0.5, 0.6) is 0 Å². The third-order valence-electron chi connectivity index (χ3n) is 8.88. The van der Waals surface area contributed by atoms with Gasteiger partial charge in [0.15, 0.2) is 6.10 Å². The van der Waals surface area contributed by atoms with E-state index in [4.69, 9.17) is 23.8 Å². The van der Waals surface area contributed by atoms with Crippen LogP contribution in [0.3, 0.4) is 0 Å². The number of allylic oxidation sites excluding steroid dienone is 4. The third-order valence-corrected chi connectivity index (χ3v) is 9.83. The molecule has 1 aliphatic heterocycles. The Morgan fingerprint density at radius 3 is 1.94 bits per heavy atom. The van der Waals surface area contributed by atoms with Gasteiger partial charge in [0.05, 0.1) is 32.0 Å². The van der Waals surface area contributed by atoms with Crippen LogP contribution in [0.25, 0.3) is 0 Å². The van der Waals surface area contributed by atoms with Gasteiger partial charge in [-0.15, -0.1) is 0 Å². The Kier molecular flexibility index (Phi) is 30.1. The lowest BCUT2D eigenvalue weighted by atomic mass is 10.0. The van der Waals surface area contributed by atoms with Crippen molar-refractivity contribution in [3.8, 4) is 0 Å². The van der Waals surface area contributed by atoms with Gasteiger partial charge in [-0.3, -0.25) is 18.6 Å². The third kappa shape index (κ3) is 31.1. The average molecular weight is 773 g/mol. The highest BCUT2D eigenvalue weighted by atomic mass is 31.2. The van der Waals surface area contributed by atoms with Crippen molar-refractivity contribution in [3.63, 3.8) is 0 Å². The SMILES string of the molecule is CCCCC/C=C\CC1OC1C/C=C\C/C=C\CCCC(=O)OC[C@H](COP(=O)(O)OC[C@@H](O)CO)OC(=O)CCCCCCCCCCCC(C)C. The molecular weight excluding hydrogens is 699 g/mol. The molecule has 0 aromatic rings. The number of aliphatic hydroxyl groups excluding tert-OH is 2. The number of ether oxygens (including phenoxy) is 3. The van der Waals surface area contributed by atoms with Crippen molar-refractivity contribution in [3.05, 3.63) is 36.5 Å². The maximum absolute atomic E-state index is 12.6. The van der Waals surface area contributed by atoms with Crippen molar-refractivity contribution in [1.82, 2.24) is 0 Å². The molecule has 0 saturated carbocycles. The summed E-state index contributed by atoms with van der Waals surface area (Å²) in [6.45, 7) is 4.55. The molecule has 0 aliphatic carbocycles. The molecule has 0 radical (unpaired) electrons. The second kappa shape index (κ2) is 32.4. The summed E-state index contributed by atoms with van der Waals surface area (Å²) in [5.74, 6) is -0.231. The number of esters is 2. The molecule has 1 rings (SSSR count). The van der Waals surface area contributed by atoms with E-state index >= 15 is 0 Å². The molecule has 1 aliphatic rings. The molecule has 53 heavy (non-hydrogen) atoms. The molecule has 3 N–H and O–H groups in total. The maximum atomic E-state index is 12.6. The molecule has 1 saturated heterocycles. The molecule has 11 nitrogen and oxygen atoms in total. The molecule has 0 spiro atoms. The summed E-state index contributed by atoms with van der Waals surface area (Å²) < 4.78 is 38.3. The highest BCUT2D eigenvalue weighted by Crippen LogP contribution is 2.43. The number of epoxide rings is 1. The predicted molar refractivity (Wildman–Crippen MR) is 209 cm³/mol. The van der Waals surface area contributed by atoms with Crippen LogP contribution >= 0.6 is 7.82 Å². The molecule has 5 atom stereocenters. The van der Waals surface area contributed by atoms with Crippen LogP contribution in [-0.4, -0.2) is 77.9 Å². The number of hydrogen-bond acceptors (Lipinski definition) is 10. The number of phosphoric acid groups is 1. The standard InChI is InChI=1S/C41H73O11P/c1-4-5-6-7-17-22-27-38-39(52-38)28-23-18-13-11-15-19-24-29-40(44)48-33-37(34-50-53(46,47)49-32-36(43)31-42)51-41(45)30-25-20-14-10-8-9-12-16-21-26-35(2)3/h11,15,17-18,22-23,35-39,42-43H,4-10,12-14,16,19-21,24-34H2,1-3H3,(H,46,47)/b15-11-,22-17-,23-18-/t36-,37+,38?,39?/m0/s1. The van der Waals surface area contributed by atoms with E-state index in [1.54, 1.807) is 0 Å². The fraction of sp³-hybridized carbons (Fsp3) is 0.805. The van der Waals surface area contributed by atoms with Crippen LogP contribution in [-0.2, 0) is 37.4 Å². The molecule has 1 heterocycles. The summed E-state index contributed by atoms with van der Waals surface area (Å²) >= 11 is 0. The van der Waals surface area contributed by atoms with Gasteiger partial charge in [0.1, 0.15) is 12.7 Å². The molecular formula is C41H73O11P. The van der Waals surface area contributed by atoms with E-state index in [0.29, 0.717) is 31.5 Å². The number of aliphatic hydroxyl groups is 2. The van der Waals surface area contributed by atoms with Crippen LogP contribution in [0.2, 0.25) is 0 Å². The second-order valence-electron chi connectivity index (χ2n) is 14.5. The zero-order valence-electron chi connectivity index (χ0n) is 33.1. The number of hydrogen-bond donors (Lipinski definition) is 3. The van der Waals surface area contributed by atoms with E-state index in [1.807, 2.05) is 6.08 Å². The maximum Gasteiger partial charge on any atom is 0.472 e. The van der Waals surface area contributed by atoms with Crippen LogP contribution in [0.4, 0.5) is 0 Å². The van der Waals surface area contributed by atoms with E-state index in [9.17, 15) is 24.2 Å². The van der Waals surface area contributed by atoms with E-state index in [-0.39, 0.29) is 19.4 Å². The van der Waals surface area contributed by atoms with Crippen molar-refractivity contribution in [1.29, 1.82) is 0 Å². The summed E-state index contributed by atoms with van der Waals surface area (Å²) in [5.41, 5.74) is 0. The molecule has 0 amide bonds. The number of unbranched alkanes of at least 4 members (excludes halogenated alkanes) is 12. The van der Waals surface area contributed by atoms with E-state index in [2.05, 4.69) is 55.7 Å². The van der Waals surface area contributed by atoms with Gasteiger partial charge < -0.3 is 29.3 Å². The molecule has 3 unspecified atom stereocenters. The Labute approximate surface area is 320 Å². The quantitative estimate of drug-likeness (QED) is 0.0183. The Bertz CT molecular complexity index is 1060. The van der Waals surface area contributed by atoms with Crippen LogP contribution in [0.15, 0.2) is 36.5 Å². The minimum Gasteiger partial charge on any atom is -0.462 e. The number of rotatable bonds is 36. The van der Waals surface area contributed by atoms with Gasteiger partial charge in [-0.25, -0.2) is 4.57 Å². The Morgan fingerprint density at radius 2 is 1.28 bits per heavy atom. The van der Waals surface area contributed by atoms with Crippen molar-refractivity contribution in [2.45, 2.75) is 180 Å². The number of carbonyl (C=O) groups is 2. The van der Waals surface area contributed by atoms with E-state index in [1.165, 1.54) is 57.8 Å². The fourth-order valence-corrected chi connectivity index (χ4v) is 6.35. The number of carbonyl (C=O) groups excluding carboxylic acids is 2. The zero-order chi connectivity index (χ0) is 39.0. The summed E-state index contributed by atoms with van der Waals surface area (Å²) in [5, 5.41) is 18.3. The molecule has 308 valence electrons. The highest BCUT2D eigenvalue weighted by Gasteiger charge is 2.36. The molecule has 0 bridgehead atoms. The molecule has 1 fully saturated rings. The first kappa shape index (κ1) is 49.2. The first-order valence-corrected chi connectivity index (χ1v) is 21.9. The molecule has 0 aromatic heterocycles. The highest BCUT2D eigenvalue weighted by molar-refractivity contribution is 7.47. The normalized spacial score (nSPS) is 18.2. The predicted octanol–water partition coefficient (Wildman–Crippen LogP) is 9.23. The van der Waals surface area contributed by atoms with Crippen molar-refractivity contribution < 1.29 is 52.5 Å². The van der Waals surface area contributed by atoms with Gasteiger partial charge in [0.25, 0.3) is 0 Å². The van der Waals surface area contributed by atoms with E-state index < -0.39 is 51.8 Å². The first-order valence-electron chi connectivity index (χ1n) is 20.4. The van der Waals surface area contributed by atoms with Gasteiger partial charge in [0.2, 0.25) is 0 Å². The lowest BCUT2D eigenvalue weighted by molar-refractivity contribution is -0.161. The number of phosphoric ester groups is 1. The minimum atomic E-state index is -4.63. The van der Waals surface area contributed by atoms with Gasteiger partial charge in [-0.1, -0.05) is 128 Å². The topological polar surface area (TPSA) is 161 Å². The van der Waals surface area contributed by atoms with Gasteiger partial charge >= 0.3 is 19.8 Å².